The van der Waals surface area contributed by atoms with Gasteiger partial charge in [0.1, 0.15) is 0 Å². The summed E-state index contributed by atoms with van der Waals surface area (Å²) in [6.45, 7) is 4.18. The fourth-order valence-corrected chi connectivity index (χ4v) is 3.39. The van der Waals surface area contributed by atoms with Gasteiger partial charge >= 0.3 is 0 Å². The van der Waals surface area contributed by atoms with E-state index in [4.69, 9.17) is 4.74 Å². The molecular formula is C17H25NO. The van der Waals surface area contributed by atoms with E-state index >= 15 is 0 Å². The van der Waals surface area contributed by atoms with Gasteiger partial charge in [-0.1, -0.05) is 24.3 Å². The Morgan fingerprint density at radius 3 is 2.95 bits per heavy atom. The highest BCUT2D eigenvalue weighted by Crippen LogP contribution is 2.32. The quantitative estimate of drug-likeness (QED) is 0.899. The Labute approximate surface area is 116 Å². The molecule has 0 radical (unpaired) electrons. The second kappa shape index (κ2) is 6.06. The number of aryl methyl sites for hydroxylation is 1. The molecule has 1 aromatic carbocycles. The van der Waals surface area contributed by atoms with E-state index in [0.29, 0.717) is 18.1 Å². The molecule has 0 amide bonds. The van der Waals surface area contributed by atoms with E-state index in [1.54, 1.807) is 0 Å². The van der Waals surface area contributed by atoms with Crippen LogP contribution < -0.4 is 5.32 Å². The summed E-state index contributed by atoms with van der Waals surface area (Å²) in [6, 6.07) is 9.57. The van der Waals surface area contributed by atoms with Gasteiger partial charge in [-0.2, -0.15) is 0 Å². The van der Waals surface area contributed by atoms with Crippen molar-refractivity contribution in [1.82, 2.24) is 5.32 Å². The molecule has 2 heteroatoms. The van der Waals surface area contributed by atoms with Crippen LogP contribution >= 0.6 is 0 Å². The van der Waals surface area contributed by atoms with Gasteiger partial charge < -0.3 is 10.1 Å². The highest BCUT2D eigenvalue weighted by Gasteiger charge is 2.23. The lowest BCUT2D eigenvalue weighted by Crippen LogP contribution is -2.41. The molecule has 1 aliphatic heterocycles. The summed E-state index contributed by atoms with van der Waals surface area (Å²) in [6.07, 6.45) is 6.72. The molecule has 3 rings (SSSR count). The van der Waals surface area contributed by atoms with Gasteiger partial charge in [-0.05, 0) is 50.2 Å². The largest absolute Gasteiger partial charge is 0.376 e. The zero-order valence-electron chi connectivity index (χ0n) is 11.9. The third kappa shape index (κ3) is 3.18. The van der Waals surface area contributed by atoms with Crippen LogP contribution in [0.1, 0.15) is 49.7 Å². The van der Waals surface area contributed by atoms with Crippen LogP contribution in [-0.2, 0) is 11.2 Å². The molecule has 0 spiro atoms. The fraction of sp³-hybridized carbons (Fsp3) is 0.647. The van der Waals surface area contributed by atoms with E-state index in [0.717, 1.165) is 13.2 Å². The topological polar surface area (TPSA) is 21.3 Å². The van der Waals surface area contributed by atoms with Crippen LogP contribution in [0.2, 0.25) is 0 Å². The second-order valence-electron chi connectivity index (χ2n) is 6.13. The molecule has 0 saturated carbocycles. The first-order valence-electron chi connectivity index (χ1n) is 7.75. The lowest BCUT2D eigenvalue weighted by molar-refractivity contribution is 0.0203. The summed E-state index contributed by atoms with van der Waals surface area (Å²) >= 11 is 0. The maximum Gasteiger partial charge on any atom is 0.0700 e. The van der Waals surface area contributed by atoms with Crippen molar-refractivity contribution in [3.8, 4) is 0 Å². The Balaban J connectivity index is 1.56. The van der Waals surface area contributed by atoms with Crippen molar-refractivity contribution in [3.63, 3.8) is 0 Å². The first kappa shape index (κ1) is 13.1. The van der Waals surface area contributed by atoms with Gasteiger partial charge in [0, 0.05) is 18.5 Å². The Bertz CT molecular complexity index is 409. The minimum absolute atomic E-state index is 0.422. The number of hydrogen-bond acceptors (Lipinski definition) is 2. The zero-order chi connectivity index (χ0) is 13.1. The van der Waals surface area contributed by atoms with E-state index in [9.17, 15) is 0 Å². The first-order chi connectivity index (χ1) is 9.33. The number of ether oxygens (including phenoxy) is 1. The molecule has 1 aromatic rings. The molecule has 3 atom stereocenters. The van der Waals surface area contributed by atoms with Crippen LogP contribution in [-0.4, -0.2) is 25.3 Å². The van der Waals surface area contributed by atoms with Crippen molar-refractivity contribution >= 4 is 0 Å². The molecule has 2 aliphatic rings. The molecule has 0 aromatic heterocycles. The van der Waals surface area contributed by atoms with Crippen molar-refractivity contribution in [1.29, 1.82) is 0 Å². The van der Waals surface area contributed by atoms with E-state index < -0.39 is 0 Å². The molecule has 0 bridgehead atoms. The van der Waals surface area contributed by atoms with Gasteiger partial charge in [0.25, 0.3) is 0 Å². The predicted molar refractivity (Wildman–Crippen MR) is 78.6 cm³/mol. The number of fused-ring (bicyclic) bond motifs is 1. The normalized spacial score (nSPS) is 30.9. The van der Waals surface area contributed by atoms with Gasteiger partial charge in [-0.3, -0.25) is 0 Å². The maximum atomic E-state index is 6.17. The molecule has 1 saturated heterocycles. The van der Waals surface area contributed by atoms with Gasteiger partial charge in [-0.15, -0.1) is 0 Å². The van der Waals surface area contributed by atoms with Crippen LogP contribution in [0.25, 0.3) is 0 Å². The van der Waals surface area contributed by atoms with E-state index in [1.165, 1.54) is 43.2 Å². The lowest BCUT2D eigenvalue weighted by Gasteiger charge is -2.31. The van der Waals surface area contributed by atoms with E-state index in [1.807, 2.05) is 0 Å². The third-order valence-electron chi connectivity index (χ3n) is 4.64. The van der Waals surface area contributed by atoms with Gasteiger partial charge in [0.05, 0.1) is 12.7 Å². The van der Waals surface area contributed by atoms with E-state index in [2.05, 4.69) is 36.5 Å². The second-order valence-corrected chi connectivity index (χ2v) is 6.13. The minimum Gasteiger partial charge on any atom is -0.376 e. The fourth-order valence-electron chi connectivity index (χ4n) is 3.39. The Kier molecular flexibility index (Phi) is 4.19. The predicted octanol–water partition coefficient (Wildman–Crippen LogP) is 3.26. The minimum atomic E-state index is 0.422. The lowest BCUT2D eigenvalue weighted by atomic mass is 9.83. The summed E-state index contributed by atoms with van der Waals surface area (Å²) in [5, 5.41) is 3.51. The van der Waals surface area contributed by atoms with Gasteiger partial charge in [0.15, 0.2) is 0 Å². The average molecular weight is 259 g/mol. The summed E-state index contributed by atoms with van der Waals surface area (Å²) in [4.78, 5) is 0. The molecular weight excluding hydrogens is 234 g/mol. The number of rotatable bonds is 3. The molecule has 1 N–H and O–H groups in total. The van der Waals surface area contributed by atoms with Crippen LogP contribution in [0.5, 0.6) is 0 Å². The van der Waals surface area contributed by atoms with Crippen LogP contribution in [0.4, 0.5) is 0 Å². The maximum absolute atomic E-state index is 6.17. The SMILES string of the molecule is CC1CCC(OCC2CCCc3ccccc32)CN1. The summed E-state index contributed by atoms with van der Waals surface area (Å²) in [5.41, 5.74) is 3.07. The third-order valence-corrected chi connectivity index (χ3v) is 4.64. The van der Waals surface area contributed by atoms with Crippen LogP contribution in [0.15, 0.2) is 24.3 Å². The molecule has 1 heterocycles. The Morgan fingerprint density at radius 1 is 1.21 bits per heavy atom. The summed E-state index contributed by atoms with van der Waals surface area (Å²) < 4.78 is 6.17. The first-order valence-corrected chi connectivity index (χ1v) is 7.75. The van der Waals surface area contributed by atoms with Gasteiger partial charge in [0.2, 0.25) is 0 Å². The van der Waals surface area contributed by atoms with Crippen molar-refractivity contribution in [2.75, 3.05) is 13.2 Å². The smallest absolute Gasteiger partial charge is 0.0700 e. The highest BCUT2D eigenvalue weighted by atomic mass is 16.5. The Hall–Kier alpha value is -0.860. The molecule has 1 aliphatic carbocycles. The molecule has 104 valence electrons. The highest BCUT2D eigenvalue weighted by molar-refractivity contribution is 5.32. The monoisotopic (exact) mass is 259 g/mol. The van der Waals surface area contributed by atoms with Gasteiger partial charge in [-0.25, -0.2) is 0 Å². The van der Waals surface area contributed by atoms with E-state index in [-0.39, 0.29) is 0 Å². The van der Waals surface area contributed by atoms with Crippen molar-refractivity contribution in [3.05, 3.63) is 35.4 Å². The summed E-state index contributed by atoms with van der Waals surface area (Å²) in [7, 11) is 0. The molecule has 1 fully saturated rings. The average Bonchev–Trinajstić information content (AvgIpc) is 2.47. The number of benzene rings is 1. The standard InChI is InChI=1S/C17H25NO/c1-13-9-10-16(11-18-13)19-12-15-7-4-6-14-5-2-3-8-17(14)15/h2-3,5,8,13,15-16,18H,4,6-7,9-12H2,1H3. The number of nitrogens with one attached hydrogen (secondary N) is 1. The summed E-state index contributed by atoms with van der Waals surface area (Å²) in [5.74, 6) is 0.615. The molecule has 19 heavy (non-hydrogen) atoms. The Morgan fingerprint density at radius 2 is 2.11 bits per heavy atom. The van der Waals surface area contributed by atoms with Crippen molar-refractivity contribution in [2.24, 2.45) is 0 Å². The number of hydrogen-bond donors (Lipinski definition) is 1. The number of piperidine rings is 1. The molecule has 2 nitrogen and oxygen atoms in total. The zero-order valence-corrected chi connectivity index (χ0v) is 11.9. The molecule has 3 unspecified atom stereocenters. The van der Waals surface area contributed by atoms with Crippen molar-refractivity contribution < 1.29 is 4.74 Å². The van der Waals surface area contributed by atoms with Crippen molar-refractivity contribution in [2.45, 2.75) is 57.1 Å². The van der Waals surface area contributed by atoms with Crippen LogP contribution in [0.3, 0.4) is 0 Å². The van der Waals surface area contributed by atoms with Crippen LogP contribution in [0, 0.1) is 0 Å².